The summed E-state index contributed by atoms with van der Waals surface area (Å²) in [6.45, 7) is 6.44. The Labute approximate surface area is 139 Å². The molecule has 6 heteroatoms. The third kappa shape index (κ3) is 2.60. The molecule has 0 radical (unpaired) electrons. The Balaban J connectivity index is 2.00. The minimum atomic E-state index is -0.410. The number of fused-ring (bicyclic) bond motifs is 1. The quantitative estimate of drug-likeness (QED) is 0.805. The number of aromatic nitrogens is 3. The number of anilines is 1. The van der Waals surface area contributed by atoms with Crippen LogP contribution in [0.15, 0.2) is 35.3 Å². The van der Waals surface area contributed by atoms with Crippen LogP contribution < -0.4 is 10.9 Å². The topological polar surface area (TPSA) is 68.9 Å². The standard InChI is InChI=1S/C18H20N4O2/c1-5-22-9-8-13-6-7-14(10-15(13)22)19-17(23)16-11(2)12(3)20-21(4)18(16)24/h6-10H,5H2,1-4H3,(H,19,23). The van der Waals surface area contributed by atoms with Crippen molar-refractivity contribution in [3.63, 3.8) is 0 Å². The molecule has 0 aliphatic carbocycles. The van der Waals surface area contributed by atoms with E-state index in [1.807, 2.05) is 30.5 Å². The van der Waals surface area contributed by atoms with E-state index < -0.39 is 11.5 Å². The summed E-state index contributed by atoms with van der Waals surface area (Å²) in [5.74, 6) is -0.410. The van der Waals surface area contributed by atoms with E-state index in [1.54, 1.807) is 20.9 Å². The van der Waals surface area contributed by atoms with Gasteiger partial charge < -0.3 is 9.88 Å². The molecule has 0 aliphatic heterocycles. The van der Waals surface area contributed by atoms with Crippen LogP contribution in [0, 0.1) is 13.8 Å². The van der Waals surface area contributed by atoms with E-state index in [4.69, 9.17) is 0 Å². The molecule has 0 bridgehead atoms. The van der Waals surface area contributed by atoms with Crippen molar-refractivity contribution >= 4 is 22.5 Å². The van der Waals surface area contributed by atoms with Crippen molar-refractivity contribution in [1.82, 2.24) is 14.3 Å². The molecular weight excluding hydrogens is 304 g/mol. The van der Waals surface area contributed by atoms with Crippen molar-refractivity contribution in [3.05, 3.63) is 57.6 Å². The lowest BCUT2D eigenvalue weighted by Crippen LogP contribution is -2.31. The molecule has 0 saturated carbocycles. The molecule has 0 fully saturated rings. The zero-order valence-corrected chi connectivity index (χ0v) is 14.3. The van der Waals surface area contributed by atoms with Gasteiger partial charge in [0.1, 0.15) is 5.56 Å². The second-order valence-corrected chi connectivity index (χ2v) is 5.84. The molecule has 0 unspecified atom stereocenters. The fourth-order valence-electron chi connectivity index (χ4n) is 2.85. The van der Waals surface area contributed by atoms with Crippen LogP contribution in [0.1, 0.15) is 28.5 Å². The number of aryl methyl sites for hydroxylation is 3. The number of carbonyl (C=O) groups excluding carboxylic acids is 1. The highest BCUT2D eigenvalue weighted by molar-refractivity contribution is 6.05. The van der Waals surface area contributed by atoms with Gasteiger partial charge in [-0.3, -0.25) is 9.59 Å². The summed E-state index contributed by atoms with van der Waals surface area (Å²) in [4.78, 5) is 24.9. The van der Waals surface area contributed by atoms with Crippen LogP contribution in [0.3, 0.4) is 0 Å². The first kappa shape index (κ1) is 16.0. The Morgan fingerprint density at radius 1 is 1.25 bits per heavy atom. The highest BCUT2D eigenvalue weighted by Crippen LogP contribution is 2.21. The second kappa shape index (κ2) is 5.96. The molecule has 24 heavy (non-hydrogen) atoms. The van der Waals surface area contributed by atoms with Crippen LogP contribution in [0.2, 0.25) is 0 Å². The van der Waals surface area contributed by atoms with E-state index in [0.29, 0.717) is 16.9 Å². The Bertz CT molecular complexity index is 998. The van der Waals surface area contributed by atoms with Gasteiger partial charge in [0.2, 0.25) is 0 Å². The number of carbonyl (C=O) groups is 1. The van der Waals surface area contributed by atoms with Crippen LogP contribution in [-0.2, 0) is 13.6 Å². The Morgan fingerprint density at radius 2 is 2.00 bits per heavy atom. The van der Waals surface area contributed by atoms with E-state index in [-0.39, 0.29) is 5.56 Å². The normalized spacial score (nSPS) is 11.0. The average Bonchev–Trinajstić information content (AvgIpc) is 2.95. The largest absolute Gasteiger partial charge is 0.348 e. The molecule has 1 amide bonds. The highest BCUT2D eigenvalue weighted by atomic mass is 16.2. The highest BCUT2D eigenvalue weighted by Gasteiger charge is 2.18. The third-order valence-corrected chi connectivity index (χ3v) is 4.33. The van der Waals surface area contributed by atoms with Gasteiger partial charge in [0.15, 0.2) is 0 Å². The zero-order chi connectivity index (χ0) is 17.4. The maximum atomic E-state index is 12.6. The molecule has 6 nitrogen and oxygen atoms in total. The molecule has 2 aromatic heterocycles. The SMILES string of the molecule is CCn1ccc2ccc(NC(=O)c3c(C)c(C)nn(C)c3=O)cc21. The number of nitrogens with zero attached hydrogens (tertiary/aromatic N) is 3. The lowest BCUT2D eigenvalue weighted by molar-refractivity contribution is 0.102. The van der Waals surface area contributed by atoms with E-state index in [2.05, 4.69) is 21.9 Å². The van der Waals surface area contributed by atoms with Crippen LogP contribution in [0.5, 0.6) is 0 Å². The fraction of sp³-hybridized carbons (Fsp3) is 0.278. The molecule has 1 N–H and O–H groups in total. The van der Waals surface area contributed by atoms with Crippen LogP contribution in [-0.4, -0.2) is 20.3 Å². The van der Waals surface area contributed by atoms with E-state index in [9.17, 15) is 9.59 Å². The molecule has 0 atom stereocenters. The lowest BCUT2D eigenvalue weighted by Gasteiger charge is -2.11. The summed E-state index contributed by atoms with van der Waals surface area (Å²) in [5, 5.41) is 8.05. The van der Waals surface area contributed by atoms with E-state index in [1.165, 1.54) is 4.68 Å². The van der Waals surface area contributed by atoms with Crippen molar-refractivity contribution < 1.29 is 4.79 Å². The Morgan fingerprint density at radius 3 is 2.71 bits per heavy atom. The molecule has 3 rings (SSSR count). The summed E-state index contributed by atoms with van der Waals surface area (Å²) in [6.07, 6.45) is 2.02. The fourth-order valence-corrected chi connectivity index (χ4v) is 2.85. The van der Waals surface area contributed by atoms with Crippen molar-refractivity contribution in [3.8, 4) is 0 Å². The lowest BCUT2D eigenvalue weighted by atomic mass is 10.1. The number of benzene rings is 1. The summed E-state index contributed by atoms with van der Waals surface area (Å²) in [6, 6.07) is 7.76. The number of amides is 1. The average molecular weight is 324 g/mol. The van der Waals surface area contributed by atoms with Gasteiger partial charge in [-0.15, -0.1) is 0 Å². The Kier molecular flexibility index (Phi) is 3.97. The molecule has 2 heterocycles. The number of hydrogen-bond acceptors (Lipinski definition) is 3. The summed E-state index contributed by atoms with van der Waals surface area (Å²) in [7, 11) is 1.55. The number of hydrogen-bond donors (Lipinski definition) is 1. The van der Waals surface area contributed by atoms with Gasteiger partial charge >= 0.3 is 0 Å². The van der Waals surface area contributed by atoms with Gasteiger partial charge in [-0.25, -0.2) is 4.68 Å². The monoisotopic (exact) mass is 324 g/mol. The predicted octanol–water partition coefficient (Wildman–Crippen LogP) is 2.62. The number of nitrogens with one attached hydrogen (secondary N) is 1. The third-order valence-electron chi connectivity index (χ3n) is 4.33. The van der Waals surface area contributed by atoms with Crippen molar-refractivity contribution in [2.24, 2.45) is 7.05 Å². The minimum Gasteiger partial charge on any atom is -0.348 e. The molecule has 1 aromatic carbocycles. The first-order valence-corrected chi connectivity index (χ1v) is 7.87. The predicted molar refractivity (Wildman–Crippen MR) is 94.5 cm³/mol. The van der Waals surface area contributed by atoms with Crippen LogP contribution >= 0.6 is 0 Å². The van der Waals surface area contributed by atoms with E-state index >= 15 is 0 Å². The zero-order valence-electron chi connectivity index (χ0n) is 14.3. The Hall–Kier alpha value is -2.89. The number of rotatable bonds is 3. The van der Waals surface area contributed by atoms with Crippen molar-refractivity contribution in [1.29, 1.82) is 0 Å². The van der Waals surface area contributed by atoms with Gasteiger partial charge in [0, 0.05) is 25.5 Å². The van der Waals surface area contributed by atoms with Crippen LogP contribution in [0.4, 0.5) is 5.69 Å². The van der Waals surface area contributed by atoms with Crippen molar-refractivity contribution in [2.45, 2.75) is 27.3 Å². The first-order valence-electron chi connectivity index (χ1n) is 7.87. The van der Waals surface area contributed by atoms with Crippen LogP contribution in [0.25, 0.3) is 10.9 Å². The maximum Gasteiger partial charge on any atom is 0.279 e. The molecule has 0 aliphatic rings. The summed E-state index contributed by atoms with van der Waals surface area (Å²) < 4.78 is 3.30. The summed E-state index contributed by atoms with van der Waals surface area (Å²) >= 11 is 0. The molecule has 124 valence electrons. The second-order valence-electron chi connectivity index (χ2n) is 5.84. The molecule has 3 aromatic rings. The minimum absolute atomic E-state index is 0.135. The maximum absolute atomic E-state index is 12.6. The molecular formula is C18H20N4O2. The van der Waals surface area contributed by atoms with Gasteiger partial charge in [-0.05, 0) is 49.9 Å². The molecule has 0 spiro atoms. The smallest absolute Gasteiger partial charge is 0.279 e. The van der Waals surface area contributed by atoms with E-state index in [0.717, 1.165) is 17.4 Å². The van der Waals surface area contributed by atoms with Gasteiger partial charge in [-0.2, -0.15) is 5.10 Å². The summed E-state index contributed by atoms with van der Waals surface area (Å²) in [5.41, 5.74) is 2.72. The van der Waals surface area contributed by atoms with Crippen molar-refractivity contribution in [2.75, 3.05) is 5.32 Å². The molecule has 0 saturated heterocycles. The van der Waals surface area contributed by atoms with Gasteiger partial charge in [-0.1, -0.05) is 6.07 Å². The van der Waals surface area contributed by atoms with Gasteiger partial charge in [0.25, 0.3) is 11.5 Å². The first-order chi connectivity index (χ1) is 11.4. The van der Waals surface area contributed by atoms with Gasteiger partial charge in [0.05, 0.1) is 11.2 Å².